The molecule has 0 aliphatic carbocycles. The van der Waals surface area contributed by atoms with Gasteiger partial charge in [0.25, 0.3) is 5.69 Å². The van der Waals surface area contributed by atoms with Crippen molar-refractivity contribution in [1.29, 1.82) is 0 Å². The van der Waals surface area contributed by atoms with Crippen LogP contribution in [0.4, 0.5) is 11.4 Å². The molecule has 1 fully saturated rings. The summed E-state index contributed by atoms with van der Waals surface area (Å²) in [6.07, 6.45) is 2.66. The van der Waals surface area contributed by atoms with Crippen molar-refractivity contribution in [3.05, 3.63) is 33.9 Å². The smallest absolute Gasteiger partial charge is 0.292 e. The van der Waals surface area contributed by atoms with Crippen LogP contribution < -0.4 is 4.90 Å². The molecule has 0 unspecified atom stereocenters. The molecule has 20 heavy (non-hydrogen) atoms. The van der Waals surface area contributed by atoms with E-state index < -0.39 is 0 Å². The lowest BCUT2D eigenvalue weighted by Crippen LogP contribution is -2.42. The third-order valence-electron chi connectivity index (χ3n) is 3.87. The summed E-state index contributed by atoms with van der Waals surface area (Å²) in [7, 11) is 4.10. The first-order chi connectivity index (χ1) is 9.52. The van der Waals surface area contributed by atoms with Gasteiger partial charge in [-0.05, 0) is 39.1 Å². The molecule has 2 rings (SSSR count). The van der Waals surface area contributed by atoms with Crippen LogP contribution in [0.3, 0.4) is 0 Å². The number of anilines is 1. The number of carbonyl (C=O) groups is 1. The van der Waals surface area contributed by atoms with Gasteiger partial charge in [0, 0.05) is 30.8 Å². The molecule has 1 aliphatic rings. The van der Waals surface area contributed by atoms with Gasteiger partial charge in [-0.25, -0.2) is 0 Å². The van der Waals surface area contributed by atoms with E-state index in [0.717, 1.165) is 32.2 Å². The number of aldehydes is 1. The average Bonchev–Trinajstić information content (AvgIpc) is 2.46. The molecular weight excluding hydrogens is 258 g/mol. The average molecular weight is 277 g/mol. The van der Waals surface area contributed by atoms with Crippen LogP contribution in [0.25, 0.3) is 0 Å². The molecule has 0 bridgehead atoms. The van der Waals surface area contributed by atoms with Crippen molar-refractivity contribution in [2.24, 2.45) is 0 Å². The minimum atomic E-state index is -0.387. The van der Waals surface area contributed by atoms with Crippen molar-refractivity contribution in [1.82, 2.24) is 4.90 Å². The summed E-state index contributed by atoms with van der Waals surface area (Å²) >= 11 is 0. The molecule has 0 radical (unpaired) electrons. The first kappa shape index (κ1) is 14.5. The maximum Gasteiger partial charge on any atom is 0.292 e. The fraction of sp³-hybridized carbons (Fsp3) is 0.500. The van der Waals surface area contributed by atoms with Crippen LogP contribution in [0.1, 0.15) is 23.2 Å². The van der Waals surface area contributed by atoms with Crippen molar-refractivity contribution in [3.8, 4) is 0 Å². The van der Waals surface area contributed by atoms with Crippen LogP contribution in [0.15, 0.2) is 18.2 Å². The fourth-order valence-electron chi connectivity index (χ4n) is 2.64. The van der Waals surface area contributed by atoms with E-state index >= 15 is 0 Å². The van der Waals surface area contributed by atoms with E-state index in [1.807, 2.05) is 4.90 Å². The highest BCUT2D eigenvalue weighted by Gasteiger charge is 2.25. The molecule has 1 heterocycles. The molecule has 0 spiro atoms. The Morgan fingerprint density at radius 3 is 2.50 bits per heavy atom. The highest BCUT2D eigenvalue weighted by Crippen LogP contribution is 2.31. The largest absolute Gasteiger partial charge is 0.366 e. The monoisotopic (exact) mass is 277 g/mol. The second kappa shape index (κ2) is 6.00. The predicted molar refractivity (Wildman–Crippen MR) is 77.4 cm³/mol. The Morgan fingerprint density at radius 1 is 1.35 bits per heavy atom. The van der Waals surface area contributed by atoms with E-state index in [-0.39, 0.29) is 10.6 Å². The highest BCUT2D eigenvalue weighted by atomic mass is 16.6. The van der Waals surface area contributed by atoms with Crippen molar-refractivity contribution in [2.75, 3.05) is 32.1 Å². The van der Waals surface area contributed by atoms with Crippen LogP contribution >= 0.6 is 0 Å². The molecule has 1 aliphatic heterocycles. The zero-order valence-electron chi connectivity index (χ0n) is 11.8. The van der Waals surface area contributed by atoms with Gasteiger partial charge in [-0.1, -0.05) is 0 Å². The lowest BCUT2D eigenvalue weighted by atomic mass is 10.0. The lowest BCUT2D eigenvalue weighted by molar-refractivity contribution is -0.384. The Labute approximate surface area is 118 Å². The van der Waals surface area contributed by atoms with Crippen molar-refractivity contribution in [2.45, 2.75) is 18.9 Å². The summed E-state index contributed by atoms with van der Waals surface area (Å²) in [5.41, 5.74) is 1.09. The molecule has 0 N–H and O–H groups in total. The van der Waals surface area contributed by atoms with E-state index in [4.69, 9.17) is 0 Å². The van der Waals surface area contributed by atoms with Gasteiger partial charge in [0.1, 0.15) is 12.0 Å². The quantitative estimate of drug-likeness (QED) is 0.478. The Kier molecular flexibility index (Phi) is 4.34. The fourth-order valence-corrected chi connectivity index (χ4v) is 2.64. The summed E-state index contributed by atoms with van der Waals surface area (Å²) < 4.78 is 0. The van der Waals surface area contributed by atoms with E-state index in [0.29, 0.717) is 17.3 Å². The zero-order chi connectivity index (χ0) is 14.7. The Balaban J connectivity index is 2.23. The van der Waals surface area contributed by atoms with Gasteiger partial charge in [-0.15, -0.1) is 0 Å². The van der Waals surface area contributed by atoms with E-state index in [2.05, 4.69) is 19.0 Å². The number of rotatable bonds is 4. The molecule has 0 atom stereocenters. The van der Waals surface area contributed by atoms with E-state index in [1.165, 1.54) is 12.1 Å². The maximum atomic E-state index is 11.1. The lowest BCUT2D eigenvalue weighted by Gasteiger charge is -2.36. The van der Waals surface area contributed by atoms with Gasteiger partial charge in [0.15, 0.2) is 0 Å². The molecule has 0 saturated carbocycles. The van der Waals surface area contributed by atoms with Crippen LogP contribution in [0, 0.1) is 10.1 Å². The van der Waals surface area contributed by atoms with Crippen molar-refractivity contribution >= 4 is 17.7 Å². The van der Waals surface area contributed by atoms with Crippen LogP contribution in [-0.2, 0) is 0 Å². The predicted octanol–water partition coefficient (Wildman–Crippen LogP) is 1.94. The first-order valence-corrected chi connectivity index (χ1v) is 6.68. The Morgan fingerprint density at radius 2 is 2.00 bits per heavy atom. The number of carbonyl (C=O) groups excluding carboxylic acids is 1. The van der Waals surface area contributed by atoms with E-state index in [1.54, 1.807) is 6.07 Å². The highest BCUT2D eigenvalue weighted by molar-refractivity contribution is 5.80. The topological polar surface area (TPSA) is 66.7 Å². The molecule has 1 aromatic rings. The van der Waals surface area contributed by atoms with Gasteiger partial charge in [-0.3, -0.25) is 14.9 Å². The van der Waals surface area contributed by atoms with Crippen molar-refractivity contribution in [3.63, 3.8) is 0 Å². The van der Waals surface area contributed by atoms with Crippen LogP contribution in [-0.4, -0.2) is 49.3 Å². The summed E-state index contributed by atoms with van der Waals surface area (Å²) in [6.45, 7) is 1.54. The zero-order valence-corrected chi connectivity index (χ0v) is 11.8. The second-order valence-corrected chi connectivity index (χ2v) is 5.30. The minimum absolute atomic E-state index is 0.0684. The SMILES string of the molecule is CN(C)C1CCN(c2cc(C=O)ccc2[N+](=O)[O-])CC1. The second-order valence-electron chi connectivity index (χ2n) is 5.30. The summed E-state index contributed by atoms with van der Waals surface area (Å²) in [5.74, 6) is 0. The standard InChI is InChI=1S/C14H19N3O3/c1-15(2)12-5-7-16(8-6-12)14-9-11(10-18)3-4-13(14)17(19)20/h3-4,9-10,12H,5-8H2,1-2H3. The molecule has 0 aromatic heterocycles. The summed E-state index contributed by atoms with van der Waals surface area (Å²) in [6, 6.07) is 5.03. The van der Waals surface area contributed by atoms with Gasteiger partial charge in [0.2, 0.25) is 0 Å². The maximum absolute atomic E-state index is 11.1. The van der Waals surface area contributed by atoms with Gasteiger partial charge < -0.3 is 9.80 Å². The third kappa shape index (κ3) is 2.96. The normalized spacial score (nSPS) is 16.4. The van der Waals surface area contributed by atoms with Crippen LogP contribution in [0.2, 0.25) is 0 Å². The number of nitrogens with zero attached hydrogens (tertiary/aromatic N) is 3. The molecule has 6 heteroatoms. The van der Waals surface area contributed by atoms with Crippen LogP contribution in [0.5, 0.6) is 0 Å². The molecule has 108 valence electrons. The van der Waals surface area contributed by atoms with Gasteiger partial charge in [-0.2, -0.15) is 0 Å². The minimum Gasteiger partial charge on any atom is -0.366 e. The Bertz CT molecular complexity index is 508. The Hall–Kier alpha value is -1.95. The van der Waals surface area contributed by atoms with Crippen molar-refractivity contribution < 1.29 is 9.72 Å². The molecule has 1 aromatic carbocycles. The first-order valence-electron chi connectivity index (χ1n) is 6.68. The number of benzene rings is 1. The molecular formula is C14H19N3O3. The number of hydrogen-bond acceptors (Lipinski definition) is 5. The summed E-state index contributed by atoms with van der Waals surface area (Å²) in [5, 5.41) is 11.1. The molecule has 1 saturated heterocycles. The number of piperidine rings is 1. The molecule has 0 amide bonds. The van der Waals surface area contributed by atoms with E-state index in [9.17, 15) is 14.9 Å². The third-order valence-corrected chi connectivity index (χ3v) is 3.87. The number of nitro groups is 1. The molecule has 6 nitrogen and oxygen atoms in total. The summed E-state index contributed by atoms with van der Waals surface area (Å²) in [4.78, 5) is 25.8. The van der Waals surface area contributed by atoms with Gasteiger partial charge in [0.05, 0.1) is 4.92 Å². The number of hydrogen-bond donors (Lipinski definition) is 0. The van der Waals surface area contributed by atoms with Gasteiger partial charge >= 0.3 is 0 Å². The number of nitro benzene ring substituents is 1.